The number of ether oxygens (including phenoxy) is 2. The fourth-order valence-electron chi connectivity index (χ4n) is 5.61. The highest BCUT2D eigenvalue weighted by Crippen LogP contribution is 2.22. The van der Waals surface area contributed by atoms with Crippen molar-refractivity contribution in [1.82, 2.24) is 0 Å². The number of rotatable bonds is 22. The topological polar surface area (TPSA) is 35.5 Å². The van der Waals surface area contributed by atoms with Crippen molar-refractivity contribution in [3.63, 3.8) is 0 Å². The summed E-state index contributed by atoms with van der Waals surface area (Å²) in [4.78, 5) is 13.3. The minimum absolute atomic E-state index is 0.192. The van der Waals surface area contributed by atoms with E-state index in [4.69, 9.17) is 9.47 Å². The Hall–Kier alpha value is -2.33. The predicted molar refractivity (Wildman–Crippen MR) is 168 cm³/mol. The number of hydrogen-bond acceptors (Lipinski definition) is 3. The standard InChI is InChI=1S/C36H58NO3/c1-6-9-10-11-12-13-14-15-16-17-18-20-24-31-27-23-28-33(29-31)39-35(8-3)40-36(38)34(7-2)37(4,5)30-32-25-21-19-22-26-32/h19,21-23,25-29,34-35H,6-18,20,24,30H2,1-5H3/q+1. The third kappa shape index (κ3) is 13.4. The van der Waals surface area contributed by atoms with Gasteiger partial charge in [-0.1, -0.05) is 134 Å². The Morgan fingerprint density at radius 1 is 0.700 bits per heavy atom. The minimum Gasteiger partial charge on any atom is -0.455 e. The molecule has 40 heavy (non-hydrogen) atoms. The minimum atomic E-state index is -0.583. The summed E-state index contributed by atoms with van der Waals surface area (Å²) < 4.78 is 12.6. The molecule has 0 heterocycles. The number of likely N-dealkylation sites (N-methyl/N-ethyl adjacent to an activating group) is 1. The molecule has 2 unspecified atom stereocenters. The van der Waals surface area contributed by atoms with E-state index in [0.29, 0.717) is 17.3 Å². The maximum Gasteiger partial charge on any atom is 0.368 e. The van der Waals surface area contributed by atoms with Gasteiger partial charge in [-0.2, -0.15) is 0 Å². The molecule has 0 saturated carbocycles. The van der Waals surface area contributed by atoms with Crippen molar-refractivity contribution in [1.29, 1.82) is 0 Å². The van der Waals surface area contributed by atoms with E-state index in [9.17, 15) is 4.79 Å². The first-order valence-corrected chi connectivity index (χ1v) is 16.2. The molecule has 0 aliphatic carbocycles. The number of carbonyl (C=O) groups is 1. The van der Waals surface area contributed by atoms with Crippen LogP contribution >= 0.6 is 0 Å². The summed E-state index contributed by atoms with van der Waals surface area (Å²) in [5.41, 5.74) is 2.50. The van der Waals surface area contributed by atoms with Gasteiger partial charge in [0.15, 0.2) is 6.04 Å². The van der Waals surface area contributed by atoms with E-state index in [0.717, 1.165) is 18.7 Å². The molecule has 2 atom stereocenters. The third-order valence-electron chi connectivity index (χ3n) is 8.00. The lowest BCUT2D eigenvalue weighted by Gasteiger charge is -2.36. The molecule has 0 aliphatic rings. The van der Waals surface area contributed by atoms with Gasteiger partial charge in [0.2, 0.25) is 6.29 Å². The Morgan fingerprint density at radius 3 is 1.85 bits per heavy atom. The molecule has 0 spiro atoms. The van der Waals surface area contributed by atoms with Crippen LogP contribution in [-0.2, 0) is 22.5 Å². The molecule has 0 bridgehead atoms. The molecular formula is C36H58NO3+. The molecule has 0 amide bonds. The molecule has 0 N–H and O–H groups in total. The second-order valence-corrected chi connectivity index (χ2v) is 12.0. The molecule has 2 aromatic carbocycles. The molecule has 224 valence electrons. The third-order valence-corrected chi connectivity index (χ3v) is 8.00. The van der Waals surface area contributed by atoms with Gasteiger partial charge in [-0.25, -0.2) is 4.79 Å². The Balaban J connectivity index is 1.74. The van der Waals surface area contributed by atoms with Crippen molar-refractivity contribution in [3.05, 3.63) is 65.7 Å². The zero-order valence-corrected chi connectivity index (χ0v) is 26.3. The lowest BCUT2D eigenvalue weighted by molar-refractivity contribution is -0.919. The highest BCUT2D eigenvalue weighted by Gasteiger charge is 2.36. The van der Waals surface area contributed by atoms with Crippen LogP contribution in [0.25, 0.3) is 0 Å². The van der Waals surface area contributed by atoms with Crippen LogP contribution in [0, 0.1) is 0 Å². The monoisotopic (exact) mass is 552 g/mol. The quantitative estimate of drug-likeness (QED) is 0.0631. The summed E-state index contributed by atoms with van der Waals surface area (Å²) in [5, 5.41) is 0. The van der Waals surface area contributed by atoms with Crippen LogP contribution in [0.4, 0.5) is 0 Å². The number of aryl methyl sites for hydroxylation is 1. The van der Waals surface area contributed by atoms with Crippen LogP contribution in [-0.4, -0.2) is 36.9 Å². The normalized spacial score (nSPS) is 13.1. The first-order valence-electron chi connectivity index (χ1n) is 16.2. The van der Waals surface area contributed by atoms with Gasteiger partial charge in [-0.3, -0.25) is 0 Å². The molecule has 2 aromatic rings. The van der Waals surface area contributed by atoms with Crippen molar-refractivity contribution in [2.75, 3.05) is 14.1 Å². The summed E-state index contributed by atoms with van der Waals surface area (Å²) in [6, 6.07) is 18.4. The van der Waals surface area contributed by atoms with Crippen LogP contribution in [0.5, 0.6) is 5.75 Å². The Morgan fingerprint density at radius 2 is 1.27 bits per heavy atom. The SMILES string of the molecule is CCCCCCCCCCCCCCc1cccc(OC(CC)OC(=O)C(CC)[N+](C)(C)Cc2ccccc2)c1. The second-order valence-electron chi connectivity index (χ2n) is 12.0. The van der Waals surface area contributed by atoms with E-state index in [-0.39, 0.29) is 12.0 Å². The first-order chi connectivity index (χ1) is 19.4. The van der Waals surface area contributed by atoms with Gasteiger partial charge in [0.05, 0.1) is 14.1 Å². The van der Waals surface area contributed by atoms with Crippen molar-refractivity contribution >= 4 is 5.97 Å². The van der Waals surface area contributed by atoms with Crippen molar-refractivity contribution < 1.29 is 18.8 Å². The number of hydrogen-bond donors (Lipinski definition) is 0. The highest BCUT2D eigenvalue weighted by atomic mass is 16.7. The number of benzene rings is 2. The zero-order chi connectivity index (χ0) is 29.1. The van der Waals surface area contributed by atoms with Gasteiger partial charge in [0.1, 0.15) is 12.3 Å². The molecule has 4 nitrogen and oxygen atoms in total. The molecule has 0 saturated heterocycles. The van der Waals surface area contributed by atoms with Gasteiger partial charge >= 0.3 is 5.97 Å². The van der Waals surface area contributed by atoms with Gasteiger partial charge < -0.3 is 14.0 Å². The van der Waals surface area contributed by atoms with Gasteiger partial charge in [-0.05, 0) is 30.5 Å². The molecule has 0 aliphatic heterocycles. The van der Waals surface area contributed by atoms with E-state index in [2.05, 4.69) is 58.3 Å². The van der Waals surface area contributed by atoms with Gasteiger partial charge in [-0.15, -0.1) is 0 Å². The molecule has 2 rings (SSSR count). The second kappa shape index (κ2) is 19.7. The van der Waals surface area contributed by atoms with Crippen LogP contribution < -0.4 is 4.74 Å². The fraction of sp³-hybridized carbons (Fsp3) is 0.639. The highest BCUT2D eigenvalue weighted by molar-refractivity contribution is 5.74. The largest absolute Gasteiger partial charge is 0.455 e. The summed E-state index contributed by atoms with van der Waals surface area (Å²) >= 11 is 0. The molecule has 0 fully saturated rings. The number of carbonyl (C=O) groups excluding carboxylic acids is 1. The summed E-state index contributed by atoms with van der Waals surface area (Å²) in [5.74, 6) is 0.588. The van der Waals surface area contributed by atoms with E-state index in [1.165, 1.54) is 88.2 Å². The average Bonchev–Trinajstić information content (AvgIpc) is 2.94. The van der Waals surface area contributed by atoms with Crippen LogP contribution in [0.3, 0.4) is 0 Å². The van der Waals surface area contributed by atoms with Crippen LogP contribution in [0.1, 0.15) is 122 Å². The van der Waals surface area contributed by atoms with Crippen LogP contribution in [0.2, 0.25) is 0 Å². The number of quaternary nitrogens is 1. The smallest absolute Gasteiger partial charge is 0.368 e. The number of esters is 1. The Labute approximate surface area is 246 Å². The predicted octanol–water partition coefficient (Wildman–Crippen LogP) is 9.64. The average molecular weight is 553 g/mol. The van der Waals surface area contributed by atoms with Crippen molar-refractivity contribution in [2.24, 2.45) is 0 Å². The van der Waals surface area contributed by atoms with Gasteiger partial charge in [0, 0.05) is 18.4 Å². The molecule has 0 radical (unpaired) electrons. The molecular weight excluding hydrogens is 494 g/mol. The Bertz CT molecular complexity index is 927. The van der Waals surface area contributed by atoms with E-state index >= 15 is 0 Å². The maximum atomic E-state index is 13.3. The van der Waals surface area contributed by atoms with E-state index in [1.54, 1.807) is 0 Å². The van der Waals surface area contributed by atoms with Crippen LogP contribution in [0.15, 0.2) is 54.6 Å². The summed E-state index contributed by atoms with van der Waals surface area (Å²) in [6.45, 7) is 7.10. The maximum absolute atomic E-state index is 13.3. The lowest BCUT2D eigenvalue weighted by atomic mass is 10.0. The molecule has 0 aromatic heterocycles. The molecule has 4 heteroatoms. The van der Waals surface area contributed by atoms with Crippen molar-refractivity contribution in [2.45, 2.75) is 136 Å². The van der Waals surface area contributed by atoms with Gasteiger partial charge in [0.25, 0.3) is 0 Å². The number of nitrogens with zero attached hydrogens (tertiary/aromatic N) is 1. The van der Waals surface area contributed by atoms with E-state index < -0.39 is 6.29 Å². The Kier molecular flexibility index (Phi) is 16.7. The fourth-order valence-corrected chi connectivity index (χ4v) is 5.61. The lowest BCUT2D eigenvalue weighted by Crippen LogP contribution is -2.53. The number of unbranched alkanes of at least 4 members (excludes halogenated alkanes) is 11. The van der Waals surface area contributed by atoms with Crippen molar-refractivity contribution in [3.8, 4) is 5.75 Å². The first kappa shape index (κ1) is 33.9. The zero-order valence-electron chi connectivity index (χ0n) is 26.3. The van der Waals surface area contributed by atoms with E-state index in [1.807, 2.05) is 31.2 Å². The summed E-state index contributed by atoms with van der Waals surface area (Å²) in [6.07, 6.45) is 18.2. The summed E-state index contributed by atoms with van der Waals surface area (Å²) in [7, 11) is 4.20.